The summed E-state index contributed by atoms with van der Waals surface area (Å²) in [5.74, 6) is 1.23. The lowest BCUT2D eigenvalue weighted by Gasteiger charge is -2.31. The van der Waals surface area contributed by atoms with Crippen molar-refractivity contribution in [3.63, 3.8) is 0 Å². The smallest absolute Gasteiger partial charge is 0.242 e. The molecule has 0 aliphatic rings. The van der Waals surface area contributed by atoms with Gasteiger partial charge in [0.25, 0.3) is 0 Å². The summed E-state index contributed by atoms with van der Waals surface area (Å²) in [5.41, 5.74) is 3.14. The van der Waals surface area contributed by atoms with Gasteiger partial charge in [-0.15, -0.1) is 0 Å². The fraction of sp³-hybridized carbons (Fsp3) is 0.310. The predicted octanol–water partition coefficient (Wildman–Crippen LogP) is 4.55. The molecule has 0 bridgehead atoms. The van der Waals surface area contributed by atoms with Crippen molar-refractivity contribution < 1.29 is 19.1 Å². The van der Waals surface area contributed by atoms with Crippen LogP contribution in [-0.2, 0) is 22.6 Å². The summed E-state index contributed by atoms with van der Waals surface area (Å²) in [4.78, 5) is 28.1. The first-order chi connectivity index (χ1) is 17.0. The number of likely N-dealkylation sites (N-methyl/N-ethyl adjacent to an activating group) is 1. The normalized spacial score (nSPS) is 11.4. The number of nitrogens with one attached hydrogen (secondary N) is 1. The second-order valence-corrected chi connectivity index (χ2v) is 8.45. The zero-order valence-electron chi connectivity index (χ0n) is 20.7. The summed E-state index contributed by atoms with van der Waals surface area (Å²) in [7, 11) is 3.23. The van der Waals surface area contributed by atoms with E-state index < -0.39 is 6.04 Å². The van der Waals surface area contributed by atoms with Gasteiger partial charge in [0.15, 0.2) is 0 Å². The van der Waals surface area contributed by atoms with Crippen molar-refractivity contribution in [3.05, 3.63) is 95.6 Å². The molecule has 3 aromatic carbocycles. The minimum atomic E-state index is -0.612. The number of benzene rings is 3. The average Bonchev–Trinajstić information content (AvgIpc) is 2.90. The average molecular weight is 475 g/mol. The van der Waals surface area contributed by atoms with Crippen molar-refractivity contribution >= 4 is 11.8 Å². The first kappa shape index (κ1) is 25.8. The van der Waals surface area contributed by atoms with Gasteiger partial charge in [-0.1, -0.05) is 60.2 Å². The van der Waals surface area contributed by atoms with Gasteiger partial charge in [-0.25, -0.2) is 0 Å². The highest BCUT2D eigenvalue weighted by molar-refractivity contribution is 5.87. The maximum Gasteiger partial charge on any atom is 0.242 e. The minimum Gasteiger partial charge on any atom is -0.497 e. The number of ether oxygens (including phenoxy) is 2. The number of hydrogen-bond acceptors (Lipinski definition) is 4. The third-order valence-corrected chi connectivity index (χ3v) is 5.85. The molecule has 0 aliphatic carbocycles. The Morgan fingerprint density at radius 3 is 2.17 bits per heavy atom. The van der Waals surface area contributed by atoms with E-state index in [-0.39, 0.29) is 18.2 Å². The Balaban J connectivity index is 1.71. The Morgan fingerprint density at radius 1 is 0.886 bits per heavy atom. The standard InChI is InChI=1S/C29H34N2O4/c1-22-11-13-24(14-12-22)21-31(27(29(33)30-2)20-23-8-5-4-6-9-23)28(32)10-7-19-35-26-17-15-25(34-3)16-18-26/h4-6,8-9,11-18,27H,7,10,19-21H2,1-3H3,(H,30,33)/t27-/m0/s1. The summed E-state index contributed by atoms with van der Waals surface area (Å²) in [6, 6.07) is 24.6. The van der Waals surface area contributed by atoms with Crippen LogP contribution < -0.4 is 14.8 Å². The third-order valence-electron chi connectivity index (χ3n) is 5.85. The molecule has 0 heterocycles. The molecule has 3 rings (SSSR count). The summed E-state index contributed by atoms with van der Waals surface area (Å²) >= 11 is 0. The van der Waals surface area contributed by atoms with Gasteiger partial charge in [-0.2, -0.15) is 0 Å². The molecule has 0 unspecified atom stereocenters. The van der Waals surface area contributed by atoms with Crippen molar-refractivity contribution in [2.24, 2.45) is 0 Å². The molecule has 1 N–H and O–H groups in total. The molecule has 0 radical (unpaired) electrons. The van der Waals surface area contributed by atoms with E-state index in [2.05, 4.69) is 5.32 Å². The fourth-order valence-electron chi connectivity index (χ4n) is 3.84. The Morgan fingerprint density at radius 2 is 1.54 bits per heavy atom. The Bertz CT molecular complexity index is 1070. The molecule has 6 nitrogen and oxygen atoms in total. The van der Waals surface area contributed by atoms with Crippen LogP contribution in [0.25, 0.3) is 0 Å². The van der Waals surface area contributed by atoms with Gasteiger partial charge in [-0.3, -0.25) is 9.59 Å². The quantitative estimate of drug-likeness (QED) is 0.391. The van der Waals surface area contributed by atoms with Gasteiger partial charge in [0, 0.05) is 26.4 Å². The summed E-state index contributed by atoms with van der Waals surface area (Å²) in [6.07, 6.45) is 1.27. The zero-order valence-corrected chi connectivity index (χ0v) is 20.7. The van der Waals surface area contributed by atoms with Gasteiger partial charge >= 0.3 is 0 Å². The number of nitrogens with zero attached hydrogens (tertiary/aromatic N) is 1. The lowest BCUT2D eigenvalue weighted by atomic mass is 10.0. The van der Waals surface area contributed by atoms with E-state index in [0.717, 1.165) is 28.2 Å². The van der Waals surface area contributed by atoms with Crippen LogP contribution in [0.15, 0.2) is 78.9 Å². The fourth-order valence-corrected chi connectivity index (χ4v) is 3.84. The first-order valence-corrected chi connectivity index (χ1v) is 11.9. The molecule has 0 aromatic heterocycles. The van der Waals surface area contributed by atoms with Gasteiger partial charge in [0.2, 0.25) is 11.8 Å². The molecule has 0 saturated carbocycles. The summed E-state index contributed by atoms with van der Waals surface area (Å²) in [5, 5.41) is 2.75. The van der Waals surface area contributed by atoms with Crippen LogP contribution in [0.4, 0.5) is 0 Å². The monoisotopic (exact) mass is 474 g/mol. The number of hydrogen-bond donors (Lipinski definition) is 1. The minimum absolute atomic E-state index is 0.0755. The molecule has 2 amide bonds. The molecule has 6 heteroatoms. The number of aryl methyl sites for hydroxylation is 1. The van der Waals surface area contributed by atoms with Crippen LogP contribution in [0.3, 0.4) is 0 Å². The molecule has 0 spiro atoms. The van der Waals surface area contributed by atoms with Crippen molar-refractivity contribution in [1.82, 2.24) is 10.2 Å². The zero-order chi connectivity index (χ0) is 25.0. The second-order valence-electron chi connectivity index (χ2n) is 8.45. The molecule has 1 atom stereocenters. The Labute approximate surface area is 207 Å². The van der Waals surface area contributed by atoms with E-state index >= 15 is 0 Å². The van der Waals surface area contributed by atoms with Gasteiger partial charge in [0.05, 0.1) is 13.7 Å². The highest BCUT2D eigenvalue weighted by atomic mass is 16.5. The van der Waals surface area contributed by atoms with Crippen LogP contribution in [0.1, 0.15) is 29.5 Å². The largest absolute Gasteiger partial charge is 0.497 e. The highest BCUT2D eigenvalue weighted by Gasteiger charge is 2.29. The van der Waals surface area contributed by atoms with Crippen molar-refractivity contribution in [1.29, 1.82) is 0 Å². The van der Waals surface area contributed by atoms with Gasteiger partial charge < -0.3 is 19.7 Å². The van der Waals surface area contributed by atoms with Crippen LogP contribution >= 0.6 is 0 Å². The Kier molecular flexibility index (Phi) is 9.72. The van der Waals surface area contributed by atoms with Crippen LogP contribution in [-0.4, -0.2) is 43.5 Å². The summed E-state index contributed by atoms with van der Waals surface area (Å²) in [6.45, 7) is 2.79. The number of rotatable bonds is 12. The van der Waals surface area contributed by atoms with E-state index in [0.29, 0.717) is 26.0 Å². The number of amides is 2. The third kappa shape index (κ3) is 7.88. The van der Waals surface area contributed by atoms with E-state index in [1.54, 1.807) is 19.1 Å². The van der Waals surface area contributed by atoms with Crippen molar-refractivity contribution in [2.75, 3.05) is 20.8 Å². The molecule has 0 fully saturated rings. The van der Waals surface area contributed by atoms with E-state index in [4.69, 9.17) is 9.47 Å². The highest BCUT2D eigenvalue weighted by Crippen LogP contribution is 2.19. The SMILES string of the molecule is CNC(=O)[C@H](Cc1ccccc1)N(Cc1ccc(C)cc1)C(=O)CCCOc1ccc(OC)cc1. The molecule has 0 aliphatic heterocycles. The van der Waals surface area contributed by atoms with Gasteiger partial charge in [-0.05, 0) is 48.7 Å². The molecule has 184 valence electrons. The summed E-state index contributed by atoms with van der Waals surface area (Å²) < 4.78 is 10.9. The number of carbonyl (C=O) groups is 2. The first-order valence-electron chi connectivity index (χ1n) is 11.9. The molecular formula is C29H34N2O4. The van der Waals surface area contributed by atoms with E-state index in [9.17, 15) is 9.59 Å². The van der Waals surface area contributed by atoms with E-state index in [1.807, 2.05) is 85.8 Å². The lowest BCUT2D eigenvalue weighted by Crippen LogP contribution is -2.49. The molecular weight excluding hydrogens is 440 g/mol. The van der Waals surface area contributed by atoms with Crippen LogP contribution in [0.5, 0.6) is 11.5 Å². The van der Waals surface area contributed by atoms with Crippen molar-refractivity contribution in [3.8, 4) is 11.5 Å². The second kappa shape index (κ2) is 13.2. The van der Waals surface area contributed by atoms with Crippen LogP contribution in [0.2, 0.25) is 0 Å². The molecule has 35 heavy (non-hydrogen) atoms. The topological polar surface area (TPSA) is 67.9 Å². The molecule has 3 aromatic rings. The van der Waals surface area contributed by atoms with Crippen LogP contribution in [0, 0.1) is 6.92 Å². The van der Waals surface area contributed by atoms with E-state index in [1.165, 1.54) is 0 Å². The Hall–Kier alpha value is -3.80. The molecule has 0 saturated heterocycles. The lowest BCUT2D eigenvalue weighted by molar-refractivity contribution is -0.141. The maximum atomic E-state index is 13.4. The predicted molar refractivity (Wildman–Crippen MR) is 137 cm³/mol. The maximum absolute atomic E-state index is 13.4. The number of methoxy groups -OCH3 is 1. The van der Waals surface area contributed by atoms with Gasteiger partial charge in [0.1, 0.15) is 17.5 Å². The number of carbonyl (C=O) groups excluding carboxylic acids is 2. The van der Waals surface area contributed by atoms with Crippen molar-refractivity contribution in [2.45, 2.75) is 38.8 Å².